The number of aromatic nitrogens is 4. The fraction of sp³-hybridized carbons (Fsp3) is 0.455. The van der Waals surface area contributed by atoms with Gasteiger partial charge in [0.15, 0.2) is 23.2 Å². The predicted molar refractivity (Wildman–Crippen MR) is 180 cm³/mol. The minimum atomic E-state index is -4.47. The summed E-state index contributed by atoms with van der Waals surface area (Å²) in [6.45, 7) is 6.59. The molecule has 4 aromatic rings. The molecule has 260 valence electrons. The van der Waals surface area contributed by atoms with Crippen LogP contribution < -0.4 is 20.7 Å². The molecule has 2 fully saturated rings. The van der Waals surface area contributed by atoms with E-state index in [0.29, 0.717) is 16.7 Å². The maximum absolute atomic E-state index is 16.5. The second-order valence-electron chi connectivity index (χ2n) is 13.4. The molecule has 6 atom stereocenters. The number of esters is 1. The van der Waals surface area contributed by atoms with Crippen LogP contribution in [0.3, 0.4) is 0 Å². The summed E-state index contributed by atoms with van der Waals surface area (Å²) in [6, 6.07) is 11.4. The van der Waals surface area contributed by atoms with E-state index in [0.717, 1.165) is 18.2 Å². The molecule has 1 saturated carbocycles. The predicted octanol–water partition coefficient (Wildman–Crippen LogP) is 4.51. The van der Waals surface area contributed by atoms with Crippen LogP contribution in [-0.4, -0.2) is 73.8 Å². The van der Waals surface area contributed by atoms with Crippen molar-refractivity contribution in [1.29, 1.82) is 0 Å². The number of benzene rings is 2. The lowest BCUT2D eigenvalue weighted by atomic mass is 9.97. The first kappa shape index (κ1) is 34.5. The molecule has 0 amide bonds. The second-order valence-corrected chi connectivity index (χ2v) is 15.1. The van der Waals surface area contributed by atoms with E-state index >= 15 is 4.39 Å². The number of nitrogen functional groups attached to an aromatic ring is 1. The van der Waals surface area contributed by atoms with Crippen molar-refractivity contribution in [1.82, 2.24) is 24.6 Å². The van der Waals surface area contributed by atoms with Crippen molar-refractivity contribution in [3.63, 3.8) is 0 Å². The number of nitrogens with two attached hydrogens (primary N) is 1. The molecule has 0 bridgehead atoms. The number of imidazole rings is 1. The third-order valence-electron chi connectivity index (χ3n) is 8.01. The molecule has 1 aliphatic carbocycles. The SMILES string of the molecule is C#C[C@@]1(F)[C@H](O)[C@@H](CO[P@@](=O)(N[C@@H](C)C(=O)OCC(C)(C)C)Oc2cccc3ccccc23)O[C@H]1n1cnc2c(NC3CC3)nc(N)nc21. The number of nitrogens with zero attached hydrogens (tertiary/aromatic N) is 4. The summed E-state index contributed by atoms with van der Waals surface area (Å²) < 4.78 is 55.3. The number of alkyl halides is 1. The van der Waals surface area contributed by atoms with Gasteiger partial charge in [-0.05, 0) is 36.6 Å². The average molecular weight is 696 g/mol. The van der Waals surface area contributed by atoms with Gasteiger partial charge in [-0.15, -0.1) is 6.42 Å². The molecule has 0 unspecified atom stereocenters. The summed E-state index contributed by atoms with van der Waals surface area (Å²) in [6.07, 6.45) is 3.77. The number of rotatable bonds is 12. The Morgan fingerprint density at radius 1 is 1.27 bits per heavy atom. The molecule has 1 aliphatic heterocycles. The van der Waals surface area contributed by atoms with Gasteiger partial charge in [-0.1, -0.05) is 63.1 Å². The van der Waals surface area contributed by atoms with Gasteiger partial charge in [-0.3, -0.25) is 13.9 Å². The van der Waals surface area contributed by atoms with Crippen molar-refractivity contribution in [2.75, 3.05) is 24.3 Å². The molecule has 2 aromatic carbocycles. The van der Waals surface area contributed by atoms with E-state index in [-0.39, 0.29) is 35.4 Å². The zero-order chi connectivity index (χ0) is 35.1. The van der Waals surface area contributed by atoms with E-state index in [2.05, 4.69) is 25.4 Å². The molecular weight excluding hydrogens is 656 g/mol. The van der Waals surface area contributed by atoms with Crippen molar-refractivity contribution in [2.24, 2.45) is 5.41 Å². The molecular formula is C33H39FN7O7P. The number of halogens is 1. The number of aliphatic hydroxyl groups is 1. The fourth-order valence-corrected chi connectivity index (χ4v) is 6.83. The zero-order valence-corrected chi connectivity index (χ0v) is 28.4. The summed E-state index contributed by atoms with van der Waals surface area (Å²) >= 11 is 0. The molecule has 6 rings (SSSR count). The van der Waals surface area contributed by atoms with Crippen molar-refractivity contribution in [3.05, 3.63) is 48.8 Å². The second kappa shape index (κ2) is 13.2. The molecule has 14 nitrogen and oxygen atoms in total. The highest BCUT2D eigenvalue weighted by Crippen LogP contribution is 2.49. The van der Waals surface area contributed by atoms with Gasteiger partial charge in [0.1, 0.15) is 24.0 Å². The molecule has 5 N–H and O–H groups in total. The van der Waals surface area contributed by atoms with Crippen molar-refractivity contribution in [2.45, 2.75) is 76.7 Å². The first-order valence-corrected chi connectivity index (χ1v) is 17.4. The Morgan fingerprint density at radius 2 is 2.00 bits per heavy atom. The smallest absolute Gasteiger partial charge is 0.459 e. The Kier molecular flexibility index (Phi) is 9.29. The number of carbonyl (C=O) groups is 1. The van der Waals surface area contributed by atoms with Gasteiger partial charge in [0, 0.05) is 11.4 Å². The molecule has 1 saturated heterocycles. The maximum Gasteiger partial charge on any atom is 0.459 e. The average Bonchev–Trinajstić information content (AvgIpc) is 3.72. The molecule has 0 radical (unpaired) electrons. The van der Waals surface area contributed by atoms with E-state index in [1.807, 2.05) is 44.9 Å². The summed E-state index contributed by atoms with van der Waals surface area (Å²) in [5.41, 5.74) is 3.28. The number of fused-ring (bicyclic) bond motifs is 2. The van der Waals surface area contributed by atoms with Gasteiger partial charge >= 0.3 is 13.7 Å². The monoisotopic (exact) mass is 695 g/mol. The van der Waals surface area contributed by atoms with Gasteiger partial charge in [-0.25, -0.2) is 13.9 Å². The van der Waals surface area contributed by atoms with E-state index in [9.17, 15) is 14.5 Å². The summed E-state index contributed by atoms with van der Waals surface area (Å²) in [5, 5.41) is 18.4. The van der Waals surface area contributed by atoms with Crippen LogP contribution in [0.4, 0.5) is 16.2 Å². The number of ether oxygens (including phenoxy) is 2. The lowest BCUT2D eigenvalue weighted by molar-refractivity contribution is -0.148. The van der Waals surface area contributed by atoms with Gasteiger partial charge < -0.3 is 30.2 Å². The number of aliphatic hydroxyl groups excluding tert-OH is 1. The molecule has 2 aliphatic rings. The summed E-state index contributed by atoms with van der Waals surface area (Å²) in [4.78, 5) is 25.7. The number of carbonyl (C=O) groups excluding carboxylic acids is 1. The Bertz CT molecular complexity index is 1950. The molecule has 3 heterocycles. The summed E-state index contributed by atoms with van der Waals surface area (Å²) in [5.74, 6) is 1.79. The Balaban J connectivity index is 1.26. The van der Waals surface area contributed by atoms with E-state index in [4.69, 9.17) is 30.7 Å². The molecule has 16 heteroatoms. The fourth-order valence-electron chi connectivity index (χ4n) is 5.31. The Morgan fingerprint density at radius 3 is 2.71 bits per heavy atom. The standard InChI is InChI=1S/C33H39FN7O7P/c1-6-33(34)26(42)24(47-30(33)41-18-36-25-27(37-21-14-15-21)38-31(35)39-28(25)41)16-46-49(44,40-19(2)29(43)45-17-32(3,4)5)48-23-13-9-11-20-10-7-8-12-22(20)23/h1,7-13,18-19,21,24,26,30,42H,14-17H2,2-5H3,(H,40,44)(H3,35,37,38,39)/t19-,24+,26+,30+,33+,49-/m0/s1. The lowest BCUT2D eigenvalue weighted by Crippen LogP contribution is -2.42. The minimum Gasteiger partial charge on any atom is -0.464 e. The number of nitrogens with one attached hydrogen (secondary N) is 2. The Labute approximate surface area is 282 Å². The van der Waals surface area contributed by atoms with Crippen LogP contribution in [0.1, 0.15) is 46.8 Å². The van der Waals surface area contributed by atoms with Crippen LogP contribution in [0, 0.1) is 17.8 Å². The third kappa shape index (κ3) is 7.34. The highest BCUT2D eigenvalue weighted by molar-refractivity contribution is 7.52. The van der Waals surface area contributed by atoms with Crippen LogP contribution in [0.5, 0.6) is 5.75 Å². The minimum absolute atomic E-state index is 0.0891. The van der Waals surface area contributed by atoms with Crippen molar-refractivity contribution < 1.29 is 37.4 Å². The van der Waals surface area contributed by atoms with Gasteiger partial charge in [0.2, 0.25) is 11.6 Å². The molecule has 0 spiro atoms. The van der Waals surface area contributed by atoms with Gasteiger partial charge in [-0.2, -0.15) is 15.1 Å². The van der Waals surface area contributed by atoms with Crippen molar-refractivity contribution >= 4 is 47.4 Å². The van der Waals surface area contributed by atoms with Gasteiger partial charge in [0.05, 0.1) is 19.5 Å². The zero-order valence-electron chi connectivity index (χ0n) is 27.5. The lowest BCUT2D eigenvalue weighted by Gasteiger charge is -2.26. The molecule has 2 aromatic heterocycles. The van der Waals surface area contributed by atoms with Crippen LogP contribution in [0.2, 0.25) is 0 Å². The van der Waals surface area contributed by atoms with Crippen LogP contribution in [-0.2, 0) is 23.4 Å². The quantitative estimate of drug-likeness (QED) is 0.0923. The van der Waals surface area contributed by atoms with E-state index in [1.54, 1.807) is 24.3 Å². The number of anilines is 2. The number of hydrogen-bond acceptors (Lipinski definition) is 12. The largest absolute Gasteiger partial charge is 0.464 e. The molecule has 49 heavy (non-hydrogen) atoms. The van der Waals surface area contributed by atoms with Gasteiger partial charge in [0.25, 0.3) is 0 Å². The van der Waals surface area contributed by atoms with E-state index in [1.165, 1.54) is 17.8 Å². The van der Waals surface area contributed by atoms with Crippen LogP contribution >= 0.6 is 7.75 Å². The first-order valence-electron chi connectivity index (χ1n) is 15.8. The normalized spacial score (nSPS) is 24.3. The first-order chi connectivity index (χ1) is 23.2. The van der Waals surface area contributed by atoms with Crippen LogP contribution in [0.15, 0.2) is 48.8 Å². The highest BCUT2D eigenvalue weighted by atomic mass is 31.2. The van der Waals surface area contributed by atoms with E-state index < -0.39 is 50.5 Å². The third-order valence-corrected chi connectivity index (χ3v) is 9.64. The number of hydrogen-bond donors (Lipinski definition) is 4. The summed E-state index contributed by atoms with van der Waals surface area (Å²) in [7, 11) is -4.47. The Hall–Kier alpha value is -4.32. The topological polar surface area (TPSA) is 185 Å². The number of terminal acetylenes is 1. The van der Waals surface area contributed by atoms with Crippen molar-refractivity contribution in [3.8, 4) is 18.1 Å². The maximum atomic E-state index is 16.5. The highest BCUT2D eigenvalue weighted by Gasteiger charge is 2.58. The van der Waals surface area contributed by atoms with Crippen LogP contribution in [0.25, 0.3) is 21.9 Å².